The summed E-state index contributed by atoms with van der Waals surface area (Å²) >= 11 is 5.73. The Balaban J connectivity index is 2.02. The normalized spacial score (nSPS) is 14.9. The molecule has 2 rings (SSSR count). The summed E-state index contributed by atoms with van der Waals surface area (Å²) in [4.78, 5) is 22.6. The first-order valence-corrected chi connectivity index (χ1v) is 5.45. The van der Waals surface area contributed by atoms with Crippen LogP contribution in [0.25, 0.3) is 0 Å². The van der Waals surface area contributed by atoms with Gasteiger partial charge in [0.25, 0.3) is 5.91 Å². The molecule has 0 bridgehead atoms. The van der Waals surface area contributed by atoms with Crippen molar-refractivity contribution < 1.29 is 9.59 Å². The molecule has 1 aromatic carbocycles. The minimum Gasteiger partial charge on any atom is -0.321 e. The van der Waals surface area contributed by atoms with Crippen LogP contribution in [0, 0.1) is 0 Å². The van der Waals surface area contributed by atoms with Gasteiger partial charge in [-0.05, 0) is 24.3 Å². The molecule has 5 nitrogen and oxygen atoms in total. The molecule has 0 saturated carbocycles. The Bertz CT molecular complexity index is 482. The van der Waals surface area contributed by atoms with Gasteiger partial charge in [-0.1, -0.05) is 11.6 Å². The number of hydrogen-bond acceptors (Lipinski definition) is 3. The molecular weight excluding hydrogens is 242 g/mol. The largest absolute Gasteiger partial charge is 0.321 e. The number of hydrazone groups is 1. The zero-order valence-electron chi connectivity index (χ0n) is 8.87. The monoisotopic (exact) mass is 251 g/mol. The molecule has 88 valence electrons. The fourth-order valence-electron chi connectivity index (χ4n) is 1.37. The van der Waals surface area contributed by atoms with Crippen LogP contribution < -0.4 is 10.7 Å². The van der Waals surface area contributed by atoms with Gasteiger partial charge in [0.1, 0.15) is 5.71 Å². The Morgan fingerprint density at radius 2 is 2.00 bits per heavy atom. The highest BCUT2D eigenvalue weighted by Crippen LogP contribution is 2.13. The number of halogens is 1. The van der Waals surface area contributed by atoms with Crippen LogP contribution in [-0.4, -0.2) is 17.5 Å². The first-order chi connectivity index (χ1) is 8.15. The van der Waals surface area contributed by atoms with Crippen LogP contribution in [0.2, 0.25) is 5.02 Å². The van der Waals surface area contributed by atoms with E-state index in [1.54, 1.807) is 24.3 Å². The molecule has 0 radical (unpaired) electrons. The second kappa shape index (κ2) is 4.97. The van der Waals surface area contributed by atoms with Gasteiger partial charge in [-0.15, -0.1) is 0 Å². The van der Waals surface area contributed by atoms with Crippen molar-refractivity contribution in [3.63, 3.8) is 0 Å². The quantitative estimate of drug-likeness (QED) is 0.837. The van der Waals surface area contributed by atoms with Gasteiger partial charge >= 0.3 is 0 Å². The molecule has 0 unspecified atom stereocenters. The van der Waals surface area contributed by atoms with Crippen molar-refractivity contribution in [1.29, 1.82) is 0 Å². The van der Waals surface area contributed by atoms with Crippen LogP contribution in [0.15, 0.2) is 29.4 Å². The SMILES string of the molecule is O=C1CCC(C(=O)Nc2ccc(Cl)cc2)=NN1. The summed E-state index contributed by atoms with van der Waals surface area (Å²) in [6.45, 7) is 0. The zero-order chi connectivity index (χ0) is 12.3. The van der Waals surface area contributed by atoms with Crippen LogP contribution in [0.4, 0.5) is 5.69 Å². The Morgan fingerprint density at radius 3 is 2.59 bits per heavy atom. The molecule has 0 saturated heterocycles. The fourth-order valence-corrected chi connectivity index (χ4v) is 1.50. The van der Waals surface area contributed by atoms with Crippen molar-refractivity contribution in [3.05, 3.63) is 29.3 Å². The molecule has 2 amide bonds. The molecule has 17 heavy (non-hydrogen) atoms. The molecule has 0 atom stereocenters. The molecule has 0 spiro atoms. The molecule has 1 aromatic rings. The van der Waals surface area contributed by atoms with E-state index in [0.29, 0.717) is 22.8 Å². The van der Waals surface area contributed by atoms with E-state index in [0.717, 1.165) is 0 Å². The van der Waals surface area contributed by atoms with Crippen LogP contribution in [-0.2, 0) is 9.59 Å². The molecule has 1 aliphatic rings. The highest BCUT2D eigenvalue weighted by atomic mass is 35.5. The third-order valence-electron chi connectivity index (χ3n) is 2.27. The Morgan fingerprint density at radius 1 is 1.29 bits per heavy atom. The Kier molecular flexibility index (Phi) is 3.39. The predicted octanol–water partition coefficient (Wildman–Crippen LogP) is 1.54. The molecule has 2 N–H and O–H groups in total. The standard InChI is InChI=1S/C11H10ClN3O2/c12-7-1-3-8(4-2-7)13-11(17)9-5-6-10(16)15-14-9/h1-4H,5-6H2,(H,13,17)(H,15,16). The minimum absolute atomic E-state index is 0.173. The van der Waals surface area contributed by atoms with Crippen LogP contribution >= 0.6 is 11.6 Å². The van der Waals surface area contributed by atoms with Crippen LogP contribution in [0.1, 0.15) is 12.8 Å². The second-order valence-electron chi connectivity index (χ2n) is 3.55. The van der Waals surface area contributed by atoms with E-state index >= 15 is 0 Å². The maximum atomic E-state index is 11.7. The summed E-state index contributed by atoms with van der Waals surface area (Å²) in [6, 6.07) is 6.76. The summed E-state index contributed by atoms with van der Waals surface area (Å²) in [7, 11) is 0. The minimum atomic E-state index is -0.313. The lowest BCUT2D eigenvalue weighted by Gasteiger charge is -2.11. The maximum absolute atomic E-state index is 11.7. The first-order valence-electron chi connectivity index (χ1n) is 5.07. The first kappa shape index (κ1) is 11.6. The molecule has 0 fully saturated rings. The highest BCUT2D eigenvalue weighted by Gasteiger charge is 2.18. The van der Waals surface area contributed by atoms with E-state index in [9.17, 15) is 9.59 Å². The van der Waals surface area contributed by atoms with Crippen molar-refractivity contribution in [2.75, 3.05) is 5.32 Å². The lowest BCUT2D eigenvalue weighted by atomic mass is 10.1. The van der Waals surface area contributed by atoms with E-state index < -0.39 is 0 Å². The maximum Gasteiger partial charge on any atom is 0.271 e. The van der Waals surface area contributed by atoms with E-state index in [1.807, 2.05) is 0 Å². The number of rotatable bonds is 2. The van der Waals surface area contributed by atoms with Gasteiger partial charge in [-0.3, -0.25) is 9.59 Å². The number of carbonyl (C=O) groups is 2. The second-order valence-corrected chi connectivity index (χ2v) is 3.99. The van der Waals surface area contributed by atoms with E-state index in [1.165, 1.54) is 0 Å². The van der Waals surface area contributed by atoms with Crippen molar-refractivity contribution >= 4 is 34.8 Å². The lowest BCUT2D eigenvalue weighted by molar-refractivity contribution is -0.121. The van der Waals surface area contributed by atoms with Gasteiger partial charge in [-0.25, -0.2) is 5.43 Å². The topological polar surface area (TPSA) is 70.6 Å². The molecule has 1 aliphatic heterocycles. The van der Waals surface area contributed by atoms with Gasteiger partial charge in [0.15, 0.2) is 0 Å². The number of carbonyl (C=O) groups excluding carboxylic acids is 2. The average Bonchev–Trinajstić information content (AvgIpc) is 2.33. The third-order valence-corrected chi connectivity index (χ3v) is 2.52. The molecule has 1 heterocycles. The summed E-state index contributed by atoms with van der Waals surface area (Å²) in [5.41, 5.74) is 3.23. The highest BCUT2D eigenvalue weighted by molar-refractivity contribution is 6.43. The number of hydrogen-bond donors (Lipinski definition) is 2. The number of benzene rings is 1. The molecule has 6 heteroatoms. The lowest BCUT2D eigenvalue weighted by Crippen LogP contribution is -2.32. The smallest absolute Gasteiger partial charge is 0.271 e. The zero-order valence-corrected chi connectivity index (χ0v) is 9.62. The van der Waals surface area contributed by atoms with Crippen LogP contribution in [0.3, 0.4) is 0 Å². The van der Waals surface area contributed by atoms with E-state index in [2.05, 4.69) is 15.8 Å². The summed E-state index contributed by atoms with van der Waals surface area (Å²) < 4.78 is 0. The van der Waals surface area contributed by atoms with Gasteiger partial charge in [-0.2, -0.15) is 5.10 Å². The summed E-state index contributed by atoms with van der Waals surface area (Å²) in [5.74, 6) is -0.486. The molecular formula is C11H10ClN3O2. The summed E-state index contributed by atoms with van der Waals surface area (Å²) in [5, 5.41) is 6.98. The van der Waals surface area contributed by atoms with Crippen LogP contribution in [0.5, 0.6) is 0 Å². The number of nitrogens with zero attached hydrogens (tertiary/aromatic N) is 1. The molecule has 0 aliphatic carbocycles. The predicted molar refractivity (Wildman–Crippen MR) is 64.9 cm³/mol. The van der Waals surface area contributed by atoms with Crippen molar-refractivity contribution in [3.8, 4) is 0 Å². The third kappa shape index (κ3) is 3.04. The number of anilines is 1. The molecule has 0 aromatic heterocycles. The van der Waals surface area contributed by atoms with Crippen molar-refractivity contribution in [2.24, 2.45) is 5.10 Å². The Hall–Kier alpha value is -1.88. The van der Waals surface area contributed by atoms with Gasteiger partial charge < -0.3 is 5.32 Å². The van der Waals surface area contributed by atoms with E-state index in [-0.39, 0.29) is 18.2 Å². The average molecular weight is 252 g/mol. The van der Waals surface area contributed by atoms with E-state index in [4.69, 9.17) is 11.6 Å². The van der Waals surface area contributed by atoms with Crippen molar-refractivity contribution in [1.82, 2.24) is 5.43 Å². The number of nitrogens with one attached hydrogen (secondary N) is 2. The van der Waals surface area contributed by atoms with Gasteiger partial charge in [0.05, 0.1) is 0 Å². The summed E-state index contributed by atoms with van der Waals surface area (Å²) in [6.07, 6.45) is 0.637. The Labute approximate surface area is 103 Å². The fraction of sp³-hybridized carbons (Fsp3) is 0.182. The number of amides is 2. The van der Waals surface area contributed by atoms with Crippen molar-refractivity contribution in [2.45, 2.75) is 12.8 Å². The van der Waals surface area contributed by atoms with Gasteiger partial charge in [0, 0.05) is 23.6 Å². The van der Waals surface area contributed by atoms with Gasteiger partial charge in [0.2, 0.25) is 5.91 Å².